The van der Waals surface area contributed by atoms with E-state index in [0.29, 0.717) is 11.4 Å². The Morgan fingerprint density at radius 2 is 2.00 bits per heavy atom. The number of carbonyl (C=O) groups is 1. The largest absolute Gasteiger partial charge is 0.481 e. The fraction of sp³-hybridized carbons (Fsp3) is 0.333. The van der Waals surface area contributed by atoms with Gasteiger partial charge in [0.2, 0.25) is 5.89 Å². The molecule has 3 aromatic rings. The Morgan fingerprint density at radius 1 is 1.31 bits per heavy atom. The molecule has 0 aliphatic rings. The van der Waals surface area contributed by atoms with Crippen molar-refractivity contribution in [1.29, 1.82) is 0 Å². The highest BCUT2D eigenvalue weighted by atomic mass is 32.1. The van der Waals surface area contributed by atoms with E-state index in [-0.39, 0.29) is 17.6 Å². The van der Waals surface area contributed by atoms with Crippen LogP contribution in [0.3, 0.4) is 0 Å². The van der Waals surface area contributed by atoms with Crippen molar-refractivity contribution in [2.45, 2.75) is 33.1 Å². The van der Waals surface area contributed by atoms with Gasteiger partial charge in [-0.2, -0.15) is 0 Å². The Labute approximate surface area is 153 Å². The average molecular weight is 375 g/mol. The van der Waals surface area contributed by atoms with Gasteiger partial charge in [-0.25, -0.2) is 9.37 Å². The number of carboxylic acids is 1. The summed E-state index contributed by atoms with van der Waals surface area (Å²) in [5.74, 6) is -1.11. The molecule has 1 atom stereocenters. The van der Waals surface area contributed by atoms with Gasteiger partial charge in [0, 0.05) is 11.8 Å². The number of aliphatic carboxylic acids is 1. The molecule has 2 heterocycles. The summed E-state index contributed by atoms with van der Waals surface area (Å²) in [4.78, 5) is 15.9. The molecule has 0 fully saturated rings. The Morgan fingerprint density at radius 3 is 2.65 bits per heavy atom. The number of aromatic nitrogens is 3. The van der Waals surface area contributed by atoms with E-state index < -0.39 is 17.3 Å². The number of hydrogen-bond donors (Lipinski definition) is 1. The molecular weight excluding hydrogens is 357 g/mol. The van der Waals surface area contributed by atoms with Crippen LogP contribution in [-0.2, 0) is 11.2 Å². The Kier molecular flexibility index (Phi) is 4.86. The van der Waals surface area contributed by atoms with Crippen LogP contribution < -0.4 is 0 Å². The van der Waals surface area contributed by atoms with Crippen LogP contribution in [0.15, 0.2) is 34.1 Å². The van der Waals surface area contributed by atoms with E-state index in [2.05, 4.69) is 15.2 Å². The molecule has 0 saturated heterocycles. The maximum absolute atomic E-state index is 13.0. The van der Waals surface area contributed by atoms with Crippen molar-refractivity contribution in [2.75, 3.05) is 0 Å². The second-order valence-electron chi connectivity index (χ2n) is 6.64. The zero-order valence-corrected chi connectivity index (χ0v) is 15.4. The molecule has 0 amide bonds. The van der Waals surface area contributed by atoms with Crippen LogP contribution >= 0.6 is 11.3 Å². The summed E-state index contributed by atoms with van der Waals surface area (Å²) in [6, 6.07) is 6.26. The Balaban J connectivity index is 1.77. The summed E-state index contributed by atoms with van der Waals surface area (Å²) in [5, 5.41) is 19.8. The number of carboxylic acid groups (broad SMARTS) is 1. The minimum absolute atomic E-state index is 0.266. The molecule has 1 N–H and O–H groups in total. The molecule has 3 rings (SSSR count). The van der Waals surface area contributed by atoms with Crippen molar-refractivity contribution < 1.29 is 18.7 Å². The molecule has 1 unspecified atom stereocenters. The van der Waals surface area contributed by atoms with E-state index in [1.54, 1.807) is 32.9 Å². The van der Waals surface area contributed by atoms with Crippen LogP contribution in [0.2, 0.25) is 0 Å². The van der Waals surface area contributed by atoms with Crippen molar-refractivity contribution in [3.8, 4) is 10.9 Å². The van der Waals surface area contributed by atoms with Gasteiger partial charge >= 0.3 is 5.97 Å². The normalized spacial score (nSPS) is 12.9. The van der Waals surface area contributed by atoms with E-state index in [1.807, 2.05) is 5.38 Å². The van der Waals surface area contributed by atoms with Crippen LogP contribution in [0.1, 0.15) is 43.8 Å². The lowest BCUT2D eigenvalue weighted by atomic mass is 9.80. The van der Waals surface area contributed by atoms with Crippen molar-refractivity contribution in [3.63, 3.8) is 0 Å². The van der Waals surface area contributed by atoms with E-state index in [0.717, 1.165) is 11.3 Å². The smallest absolute Gasteiger partial charge is 0.309 e. The molecule has 1 aromatic carbocycles. The van der Waals surface area contributed by atoms with Gasteiger partial charge in [0.25, 0.3) is 5.89 Å². The molecule has 8 heteroatoms. The molecular formula is C18H18FN3O3S. The summed E-state index contributed by atoms with van der Waals surface area (Å²) in [7, 11) is 0. The van der Waals surface area contributed by atoms with Crippen LogP contribution in [0.4, 0.5) is 4.39 Å². The lowest BCUT2D eigenvalue weighted by molar-refractivity contribution is -0.148. The third-order valence-corrected chi connectivity index (χ3v) is 5.36. The highest BCUT2D eigenvalue weighted by molar-refractivity contribution is 7.13. The van der Waals surface area contributed by atoms with Gasteiger partial charge in [-0.3, -0.25) is 4.79 Å². The molecule has 6 nitrogen and oxygen atoms in total. The van der Waals surface area contributed by atoms with E-state index in [1.165, 1.54) is 23.5 Å². The quantitative estimate of drug-likeness (QED) is 0.696. The Hall–Kier alpha value is -2.61. The predicted molar refractivity (Wildman–Crippen MR) is 94.4 cm³/mol. The maximum Gasteiger partial charge on any atom is 0.309 e. The van der Waals surface area contributed by atoms with Crippen LogP contribution in [0.25, 0.3) is 10.9 Å². The zero-order valence-electron chi connectivity index (χ0n) is 14.6. The van der Waals surface area contributed by atoms with E-state index in [9.17, 15) is 14.3 Å². The molecule has 2 aromatic heterocycles. The second-order valence-corrected chi connectivity index (χ2v) is 7.50. The molecule has 0 saturated carbocycles. The van der Waals surface area contributed by atoms with Crippen molar-refractivity contribution in [1.82, 2.24) is 15.2 Å². The second kappa shape index (κ2) is 6.95. The number of thiazole rings is 1. The summed E-state index contributed by atoms with van der Waals surface area (Å²) in [5.41, 5.74) is 0.738. The summed E-state index contributed by atoms with van der Waals surface area (Å²) < 4.78 is 18.6. The number of nitrogens with zero attached hydrogens (tertiary/aromatic N) is 3. The molecule has 0 aliphatic carbocycles. The molecule has 0 bridgehead atoms. The minimum Gasteiger partial charge on any atom is -0.481 e. The zero-order chi connectivity index (χ0) is 18.9. The maximum atomic E-state index is 13.0. The first kappa shape index (κ1) is 18.2. The van der Waals surface area contributed by atoms with Crippen molar-refractivity contribution >= 4 is 17.3 Å². The fourth-order valence-electron chi connectivity index (χ4n) is 2.29. The fourth-order valence-corrected chi connectivity index (χ4v) is 3.02. The van der Waals surface area contributed by atoms with Gasteiger partial charge in [-0.05, 0) is 31.5 Å². The standard InChI is InChI=1S/C18H18FN3O3S/c1-10(18(2,3)17(23)24)14-21-22-15(25-14)16-20-13(9-26-16)8-11-4-6-12(19)7-5-11/h4-7,9-10H,8H2,1-3H3,(H,23,24). The van der Waals surface area contributed by atoms with E-state index in [4.69, 9.17) is 4.42 Å². The highest BCUT2D eigenvalue weighted by Gasteiger charge is 2.38. The molecule has 0 aliphatic heterocycles. The van der Waals surface area contributed by atoms with Gasteiger partial charge in [-0.15, -0.1) is 21.5 Å². The average Bonchev–Trinajstić information content (AvgIpc) is 3.25. The first-order chi connectivity index (χ1) is 12.3. The van der Waals surface area contributed by atoms with Crippen LogP contribution in [-0.4, -0.2) is 26.3 Å². The number of hydrogen-bond acceptors (Lipinski definition) is 6. The summed E-state index contributed by atoms with van der Waals surface area (Å²) >= 11 is 1.37. The first-order valence-corrected chi connectivity index (χ1v) is 8.91. The highest BCUT2D eigenvalue weighted by Crippen LogP contribution is 2.36. The first-order valence-electron chi connectivity index (χ1n) is 8.03. The lowest BCUT2D eigenvalue weighted by Crippen LogP contribution is -2.29. The number of rotatable bonds is 6. The predicted octanol–water partition coefficient (Wildman–Crippen LogP) is 4.14. The van der Waals surface area contributed by atoms with Crippen molar-refractivity contribution in [2.24, 2.45) is 5.41 Å². The SMILES string of the molecule is CC(c1nnc(-c2nc(Cc3ccc(F)cc3)cs2)o1)C(C)(C)C(=O)O. The van der Waals surface area contributed by atoms with Gasteiger partial charge in [0.1, 0.15) is 5.82 Å². The van der Waals surface area contributed by atoms with Crippen LogP contribution in [0.5, 0.6) is 0 Å². The molecule has 136 valence electrons. The summed E-state index contributed by atoms with van der Waals surface area (Å²) in [6.07, 6.45) is 0.570. The van der Waals surface area contributed by atoms with Gasteiger partial charge in [0.05, 0.1) is 17.0 Å². The Bertz CT molecular complexity index is 918. The molecule has 26 heavy (non-hydrogen) atoms. The summed E-state index contributed by atoms with van der Waals surface area (Å²) in [6.45, 7) is 4.98. The van der Waals surface area contributed by atoms with Gasteiger partial charge < -0.3 is 9.52 Å². The van der Waals surface area contributed by atoms with Gasteiger partial charge in [0.15, 0.2) is 5.01 Å². The third kappa shape index (κ3) is 3.65. The topological polar surface area (TPSA) is 89.1 Å². The number of halogens is 1. The third-order valence-electron chi connectivity index (χ3n) is 4.48. The monoisotopic (exact) mass is 375 g/mol. The van der Waals surface area contributed by atoms with Crippen LogP contribution in [0, 0.1) is 11.2 Å². The molecule has 0 radical (unpaired) electrons. The van der Waals surface area contributed by atoms with Crippen molar-refractivity contribution in [3.05, 3.63) is 52.6 Å². The minimum atomic E-state index is -1.03. The van der Waals surface area contributed by atoms with Gasteiger partial charge in [-0.1, -0.05) is 19.1 Å². The lowest BCUT2D eigenvalue weighted by Gasteiger charge is -2.23. The van der Waals surface area contributed by atoms with E-state index >= 15 is 0 Å². The molecule has 0 spiro atoms. The number of benzene rings is 1.